The summed E-state index contributed by atoms with van der Waals surface area (Å²) >= 11 is 7.47. The molecule has 2 aromatic carbocycles. The molecule has 1 heterocycles. The molecule has 0 bridgehead atoms. The van der Waals surface area contributed by atoms with Crippen molar-refractivity contribution in [3.8, 4) is 0 Å². The second-order valence-corrected chi connectivity index (χ2v) is 8.28. The van der Waals surface area contributed by atoms with Gasteiger partial charge in [-0.05, 0) is 43.2 Å². The largest absolute Gasteiger partial charge is 0.351 e. The Morgan fingerprint density at radius 2 is 1.96 bits per heavy atom. The van der Waals surface area contributed by atoms with Crippen LogP contribution in [-0.2, 0) is 11.3 Å². The average molecular weight is 375 g/mol. The zero-order valence-electron chi connectivity index (χ0n) is 14.3. The van der Waals surface area contributed by atoms with Crippen LogP contribution in [0, 0.1) is 0 Å². The van der Waals surface area contributed by atoms with E-state index in [1.807, 2.05) is 37.3 Å². The molecule has 2 aromatic rings. The van der Waals surface area contributed by atoms with Crippen LogP contribution in [0.1, 0.15) is 18.9 Å². The van der Waals surface area contributed by atoms with E-state index in [2.05, 4.69) is 34.5 Å². The van der Waals surface area contributed by atoms with Crippen LogP contribution in [-0.4, -0.2) is 35.2 Å². The molecule has 1 fully saturated rings. The molecule has 1 saturated heterocycles. The van der Waals surface area contributed by atoms with Gasteiger partial charge in [-0.3, -0.25) is 9.69 Å². The summed E-state index contributed by atoms with van der Waals surface area (Å²) in [5.41, 5.74) is 1.32. The van der Waals surface area contributed by atoms with E-state index in [-0.39, 0.29) is 17.2 Å². The highest BCUT2D eigenvalue weighted by atomic mass is 35.5. The van der Waals surface area contributed by atoms with Gasteiger partial charge in [-0.2, -0.15) is 0 Å². The number of halogens is 1. The molecular formula is C20H23ClN2OS. The Morgan fingerprint density at radius 1 is 1.24 bits per heavy atom. The highest BCUT2D eigenvalue weighted by Crippen LogP contribution is 2.25. The fourth-order valence-corrected chi connectivity index (χ4v) is 4.03. The van der Waals surface area contributed by atoms with Crippen LogP contribution in [0.25, 0.3) is 0 Å². The lowest BCUT2D eigenvalue weighted by Crippen LogP contribution is -2.40. The first kappa shape index (κ1) is 18.3. The maximum Gasteiger partial charge on any atom is 0.233 e. The number of nitrogens with zero attached hydrogens (tertiary/aromatic N) is 1. The number of hydrogen-bond donors (Lipinski definition) is 1. The summed E-state index contributed by atoms with van der Waals surface area (Å²) in [6, 6.07) is 18.3. The molecule has 1 aliphatic rings. The Bertz CT molecular complexity index is 693. The normalized spacial score (nSPS) is 18.9. The van der Waals surface area contributed by atoms with Gasteiger partial charge in [0.2, 0.25) is 5.91 Å². The molecule has 3 rings (SSSR count). The Hall–Kier alpha value is -1.49. The molecule has 3 nitrogen and oxygen atoms in total. The van der Waals surface area contributed by atoms with Crippen molar-refractivity contribution in [2.45, 2.75) is 36.1 Å². The maximum absolute atomic E-state index is 12.5. The van der Waals surface area contributed by atoms with E-state index in [0.29, 0.717) is 5.02 Å². The maximum atomic E-state index is 12.5. The fourth-order valence-electron chi connectivity index (χ4n) is 3.03. The highest BCUT2D eigenvalue weighted by Gasteiger charge is 2.25. The molecule has 1 N–H and O–H groups in total. The molecular weight excluding hydrogens is 352 g/mol. The standard InChI is InChI=1S/C20H23ClN2OS/c1-15(25-19-9-7-17(21)8-10-19)20(24)22-18-11-12-23(14-18)13-16-5-3-2-4-6-16/h2-10,15,18H,11-14H2,1H3,(H,22,24)/t15-,18-/m1/s1. The first-order valence-corrected chi connectivity index (χ1v) is 9.85. The summed E-state index contributed by atoms with van der Waals surface area (Å²) < 4.78 is 0. The van der Waals surface area contributed by atoms with E-state index in [4.69, 9.17) is 11.6 Å². The first-order valence-electron chi connectivity index (χ1n) is 8.59. The Balaban J connectivity index is 1.45. The molecule has 0 unspecified atom stereocenters. The third-order valence-corrected chi connectivity index (χ3v) is 5.73. The minimum Gasteiger partial charge on any atom is -0.351 e. The van der Waals surface area contributed by atoms with Gasteiger partial charge < -0.3 is 5.32 Å². The lowest BCUT2D eigenvalue weighted by atomic mass is 10.2. The molecule has 0 aromatic heterocycles. The van der Waals surface area contributed by atoms with Crippen LogP contribution in [0.5, 0.6) is 0 Å². The lowest BCUT2D eigenvalue weighted by molar-refractivity contribution is -0.120. The van der Waals surface area contributed by atoms with Crippen molar-refractivity contribution in [3.63, 3.8) is 0 Å². The third-order valence-electron chi connectivity index (χ3n) is 4.36. The summed E-state index contributed by atoms with van der Waals surface area (Å²) in [6.07, 6.45) is 1.01. The lowest BCUT2D eigenvalue weighted by Gasteiger charge is -2.18. The number of carbonyl (C=O) groups excluding carboxylic acids is 1. The molecule has 1 aliphatic heterocycles. The van der Waals surface area contributed by atoms with Gasteiger partial charge in [-0.1, -0.05) is 41.9 Å². The van der Waals surface area contributed by atoms with E-state index in [1.165, 1.54) is 5.56 Å². The fraction of sp³-hybridized carbons (Fsp3) is 0.350. The van der Waals surface area contributed by atoms with Crippen molar-refractivity contribution in [1.29, 1.82) is 0 Å². The van der Waals surface area contributed by atoms with E-state index in [1.54, 1.807) is 11.8 Å². The van der Waals surface area contributed by atoms with Gasteiger partial charge in [0.25, 0.3) is 0 Å². The van der Waals surface area contributed by atoms with E-state index in [0.717, 1.165) is 31.0 Å². The molecule has 2 atom stereocenters. The number of amides is 1. The van der Waals surface area contributed by atoms with Crippen molar-refractivity contribution in [3.05, 3.63) is 65.2 Å². The Morgan fingerprint density at radius 3 is 2.68 bits per heavy atom. The van der Waals surface area contributed by atoms with Gasteiger partial charge in [0.05, 0.1) is 5.25 Å². The van der Waals surface area contributed by atoms with Crippen LogP contribution in [0.15, 0.2) is 59.5 Å². The number of nitrogens with one attached hydrogen (secondary N) is 1. The number of carbonyl (C=O) groups is 1. The summed E-state index contributed by atoms with van der Waals surface area (Å²) in [7, 11) is 0. The number of hydrogen-bond acceptors (Lipinski definition) is 3. The molecule has 1 amide bonds. The number of rotatable bonds is 6. The summed E-state index contributed by atoms with van der Waals surface area (Å²) in [4.78, 5) is 15.9. The van der Waals surface area contributed by atoms with Crippen molar-refractivity contribution in [2.24, 2.45) is 0 Å². The van der Waals surface area contributed by atoms with Crippen LogP contribution >= 0.6 is 23.4 Å². The minimum atomic E-state index is -0.121. The predicted octanol–water partition coefficient (Wildman–Crippen LogP) is 4.21. The zero-order chi connectivity index (χ0) is 17.6. The van der Waals surface area contributed by atoms with E-state index in [9.17, 15) is 4.79 Å². The molecule has 25 heavy (non-hydrogen) atoms. The smallest absolute Gasteiger partial charge is 0.233 e. The van der Waals surface area contributed by atoms with Gasteiger partial charge >= 0.3 is 0 Å². The Labute approximate surface area is 158 Å². The van der Waals surface area contributed by atoms with E-state index >= 15 is 0 Å². The van der Waals surface area contributed by atoms with Gasteiger partial charge in [0.15, 0.2) is 0 Å². The summed E-state index contributed by atoms with van der Waals surface area (Å²) in [5, 5.41) is 3.79. The number of thioether (sulfide) groups is 1. The second-order valence-electron chi connectivity index (χ2n) is 6.43. The van der Waals surface area contributed by atoms with Crippen molar-refractivity contribution >= 4 is 29.3 Å². The minimum absolute atomic E-state index is 0.103. The molecule has 0 radical (unpaired) electrons. The van der Waals surface area contributed by atoms with Crippen LogP contribution < -0.4 is 5.32 Å². The average Bonchev–Trinajstić information content (AvgIpc) is 3.04. The monoisotopic (exact) mass is 374 g/mol. The highest BCUT2D eigenvalue weighted by molar-refractivity contribution is 8.00. The molecule has 5 heteroatoms. The van der Waals surface area contributed by atoms with Gasteiger partial charge in [-0.15, -0.1) is 11.8 Å². The first-order chi connectivity index (χ1) is 12.1. The van der Waals surface area contributed by atoms with Crippen molar-refractivity contribution in [1.82, 2.24) is 10.2 Å². The molecule has 0 aliphatic carbocycles. The second kappa shape index (κ2) is 8.75. The number of benzene rings is 2. The predicted molar refractivity (Wildman–Crippen MR) is 105 cm³/mol. The zero-order valence-corrected chi connectivity index (χ0v) is 15.9. The van der Waals surface area contributed by atoms with Crippen LogP contribution in [0.4, 0.5) is 0 Å². The topological polar surface area (TPSA) is 32.3 Å². The van der Waals surface area contributed by atoms with Gasteiger partial charge in [0, 0.05) is 35.6 Å². The molecule has 132 valence electrons. The SMILES string of the molecule is C[C@@H](Sc1ccc(Cl)cc1)C(=O)N[C@@H]1CCN(Cc2ccccc2)C1. The van der Waals surface area contributed by atoms with Crippen molar-refractivity contribution < 1.29 is 4.79 Å². The molecule has 0 saturated carbocycles. The summed E-state index contributed by atoms with van der Waals surface area (Å²) in [6.45, 7) is 4.84. The number of likely N-dealkylation sites (tertiary alicyclic amines) is 1. The molecule has 0 spiro atoms. The van der Waals surface area contributed by atoms with Gasteiger partial charge in [-0.25, -0.2) is 0 Å². The quantitative estimate of drug-likeness (QED) is 0.768. The van der Waals surface area contributed by atoms with Gasteiger partial charge in [0.1, 0.15) is 0 Å². The Kier molecular flexibility index (Phi) is 6.40. The third kappa shape index (κ3) is 5.50. The summed E-state index contributed by atoms with van der Waals surface area (Å²) in [5.74, 6) is 0.103. The van der Waals surface area contributed by atoms with Crippen LogP contribution in [0.2, 0.25) is 5.02 Å². The van der Waals surface area contributed by atoms with E-state index < -0.39 is 0 Å². The van der Waals surface area contributed by atoms with Crippen molar-refractivity contribution in [2.75, 3.05) is 13.1 Å². The van der Waals surface area contributed by atoms with Crippen LogP contribution in [0.3, 0.4) is 0 Å².